The van der Waals surface area contributed by atoms with E-state index in [9.17, 15) is 9.59 Å². The van der Waals surface area contributed by atoms with Crippen molar-refractivity contribution in [2.24, 2.45) is 17.3 Å². The second-order valence-corrected chi connectivity index (χ2v) is 5.44. The summed E-state index contributed by atoms with van der Waals surface area (Å²) in [5.41, 5.74) is -0.382. The molecule has 0 radical (unpaired) electrons. The first kappa shape index (κ1) is 13.1. The molecule has 2 aliphatic rings. The minimum atomic E-state index is -0.769. The number of carbonyl (C=O) groups excluding carboxylic acids is 1. The second kappa shape index (κ2) is 5.12. The van der Waals surface area contributed by atoms with Crippen LogP contribution < -0.4 is 0 Å². The molecule has 2 bridgehead atoms. The van der Waals surface area contributed by atoms with Gasteiger partial charge in [-0.3, -0.25) is 9.59 Å². The molecule has 0 aromatic heterocycles. The van der Waals surface area contributed by atoms with Gasteiger partial charge in [-0.25, -0.2) is 0 Å². The van der Waals surface area contributed by atoms with Gasteiger partial charge in [-0.15, -0.1) is 0 Å². The Morgan fingerprint density at radius 2 is 2.17 bits per heavy atom. The van der Waals surface area contributed by atoms with Crippen molar-refractivity contribution in [3.8, 4) is 0 Å². The number of carbonyl (C=O) groups is 2. The van der Waals surface area contributed by atoms with Crippen molar-refractivity contribution >= 4 is 11.9 Å². The van der Waals surface area contributed by atoms with E-state index in [1.165, 1.54) is 7.11 Å². The van der Waals surface area contributed by atoms with Crippen LogP contribution in [0.15, 0.2) is 12.2 Å². The summed E-state index contributed by atoms with van der Waals surface area (Å²) in [7, 11) is 1.44. The Morgan fingerprint density at radius 1 is 1.39 bits per heavy atom. The predicted octanol–water partition coefficient (Wildman–Crippen LogP) is 2.39. The van der Waals surface area contributed by atoms with Crippen LogP contribution in [0.1, 0.15) is 38.5 Å². The maximum absolute atomic E-state index is 12.1. The maximum Gasteiger partial charge on any atom is 0.312 e. The molecule has 3 atom stereocenters. The van der Waals surface area contributed by atoms with Crippen molar-refractivity contribution in [1.29, 1.82) is 0 Å². The Morgan fingerprint density at radius 3 is 2.67 bits per heavy atom. The van der Waals surface area contributed by atoms with Gasteiger partial charge in [0.2, 0.25) is 0 Å². The molecule has 0 saturated heterocycles. The third-order valence-corrected chi connectivity index (χ3v) is 4.36. The summed E-state index contributed by atoms with van der Waals surface area (Å²) in [6, 6.07) is 0. The average molecular weight is 252 g/mol. The molecule has 0 heterocycles. The summed E-state index contributed by atoms with van der Waals surface area (Å²) in [6.45, 7) is 0. The normalized spacial score (nSPS) is 32.7. The van der Waals surface area contributed by atoms with Crippen molar-refractivity contribution in [1.82, 2.24) is 0 Å². The van der Waals surface area contributed by atoms with Crippen molar-refractivity contribution in [3.63, 3.8) is 0 Å². The first-order chi connectivity index (χ1) is 8.58. The zero-order valence-electron chi connectivity index (χ0n) is 10.7. The number of hydrogen-bond acceptors (Lipinski definition) is 3. The van der Waals surface area contributed by atoms with Crippen LogP contribution in [0.2, 0.25) is 0 Å². The van der Waals surface area contributed by atoms with Gasteiger partial charge >= 0.3 is 11.9 Å². The number of carboxylic acids is 1. The first-order valence-corrected chi connectivity index (χ1v) is 6.57. The van der Waals surface area contributed by atoms with Gasteiger partial charge in [0.25, 0.3) is 0 Å². The molecule has 0 aromatic carbocycles. The first-order valence-electron chi connectivity index (χ1n) is 6.57. The van der Waals surface area contributed by atoms with Crippen molar-refractivity contribution in [2.75, 3.05) is 7.11 Å². The fraction of sp³-hybridized carbons (Fsp3) is 0.714. The maximum atomic E-state index is 12.1. The summed E-state index contributed by atoms with van der Waals surface area (Å²) in [6.07, 6.45) is 8.60. The van der Waals surface area contributed by atoms with Crippen molar-refractivity contribution in [3.05, 3.63) is 12.2 Å². The number of unbranched alkanes of at least 4 members (excludes halogenated alkanes) is 1. The molecule has 0 aromatic rings. The number of rotatable bonds is 6. The zero-order chi connectivity index (χ0) is 13.2. The molecule has 0 aliphatic heterocycles. The Balaban J connectivity index is 1.97. The number of ether oxygens (including phenoxy) is 1. The number of allylic oxidation sites excluding steroid dienone is 2. The second-order valence-electron chi connectivity index (χ2n) is 5.44. The van der Waals surface area contributed by atoms with Crippen LogP contribution in [0.5, 0.6) is 0 Å². The summed E-state index contributed by atoms with van der Waals surface area (Å²) in [5.74, 6) is -0.0852. The molecule has 0 spiro atoms. The van der Waals surface area contributed by atoms with Crippen LogP contribution in [0.3, 0.4) is 0 Å². The highest BCUT2D eigenvalue weighted by molar-refractivity contribution is 5.78. The summed E-state index contributed by atoms with van der Waals surface area (Å²) < 4.78 is 4.98. The van der Waals surface area contributed by atoms with E-state index in [4.69, 9.17) is 9.84 Å². The number of hydrogen-bond donors (Lipinski definition) is 1. The number of aliphatic carboxylic acids is 1. The van der Waals surface area contributed by atoms with Gasteiger partial charge in [-0.05, 0) is 37.5 Å². The molecule has 18 heavy (non-hydrogen) atoms. The van der Waals surface area contributed by atoms with E-state index in [1.807, 2.05) is 0 Å². The lowest BCUT2D eigenvalue weighted by Gasteiger charge is -2.32. The molecule has 0 amide bonds. The van der Waals surface area contributed by atoms with Gasteiger partial charge in [0.05, 0.1) is 12.5 Å². The van der Waals surface area contributed by atoms with E-state index >= 15 is 0 Å². The lowest BCUT2D eigenvalue weighted by molar-refractivity contribution is -0.155. The molecule has 4 nitrogen and oxygen atoms in total. The molecule has 100 valence electrons. The van der Waals surface area contributed by atoms with Crippen molar-refractivity contribution < 1.29 is 19.4 Å². The van der Waals surface area contributed by atoms with Crippen LogP contribution in [0, 0.1) is 17.3 Å². The monoisotopic (exact) mass is 252 g/mol. The van der Waals surface area contributed by atoms with Crippen LogP contribution >= 0.6 is 0 Å². The Kier molecular flexibility index (Phi) is 3.73. The average Bonchev–Trinajstić information content (AvgIpc) is 2.94. The fourth-order valence-electron chi connectivity index (χ4n) is 3.50. The van der Waals surface area contributed by atoms with Crippen LogP contribution in [0.4, 0.5) is 0 Å². The van der Waals surface area contributed by atoms with E-state index in [0.717, 1.165) is 25.7 Å². The third kappa shape index (κ3) is 2.28. The van der Waals surface area contributed by atoms with Crippen molar-refractivity contribution in [2.45, 2.75) is 38.5 Å². The minimum Gasteiger partial charge on any atom is -0.481 e. The minimum absolute atomic E-state index is 0.116. The van der Waals surface area contributed by atoms with Gasteiger partial charge in [0.15, 0.2) is 0 Å². The van der Waals surface area contributed by atoms with E-state index in [-0.39, 0.29) is 17.8 Å². The smallest absolute Gasteiger partial charge is 0.312 e. The molecule has 1 fully saturated rings. The highest BCUT2D eigenvalue weighted by atomic mass is 16.5. The largest absolute Gasteiger partial charge is 0.481 e. The Labute approximate surface area is 107 Å². The summed E-state index contributed by atoms with van der Waals surface area (Å²) in [5, 5.41) is 8.63. The standard InChI is InChI=1S/C14H20O4/c1-18-13(17)14(7-3-2-4-12(15)16)9-10-5-6-11(14)8-10/h5-6,10-11H,2-4,7-9H2,1H3,(H,15,16). The molecule has 1 N–H and O–H groups in total. The van der Waals surface area contributed by atoms with E-state index < -0.39 is 5.97 Å². The predicted molar refractivity (Wildman–Crippen MR) is 65.9 cm³/mol. The SMILES string of the molecule is COC(=O)C1(CCCCC(=O)O)CC2C=CC1C2. The summed E-state index contributed by atoms with van der Waals surface area (Å²) >= 11 is 0. The molecule has 2 rings (SSSR count). The van der Waals surface area contributed by atoms with Crippen LogP contribution in [-0.2, 0) is 14.3 Å². The number of carboxylic acid groups (broad SMARTS) is 1. The number of methoxy groups -OCH3 is 1. The van der Waals surface area contributed by atoms with Crippen LogP contribution in [-0.4, -0.2) is 24.2 Å². The van der Waals surface area contributed by atoms with E-state index in [0.29, 0.717) is 18.3 Å². The third-order valence-electron chi connectivity index (χ3n) is 4.36. The fourth-order valence-corrected chi connectivity index (χ4v) is 3.50. The van der Waals surface area contributed by atoms with Gasteiger partial charge in [-0.1, -0.05) is 18.6 Å². The van der Waals surface area contributed by atoms with E-state index in [2.05, 4.69) is 12.2 Å². The molecular formula is C14H20O4. The van der Waals surface area contributed by atoms with Gasteiger partial charge in [0, 0.05) is 6.42 Å². The van der Waals surface area contributed by atoms with Gasteiger partial charge in [-0.2, -0.15) is 0 Å². The lowest BCUT2D eigenvalue weighted by Crippen LogP contribution is -2.36. The Bertz CT molecular complexity index is 374. The molecule has 4 heteroatoms. The quantitative estimate of drug-likeness (QED) is 0.448. The molecule has 1 saturated carbocycles. The zero-order valence-corrected chi connectivity index (χ0v) is 10.7. The molecule has 2 aliphatic carbocycles. The molecule has 3 unspecified atom stereocenters. The van der Waals surface area contributed by atoms with Gasteiger partial charge in [0.1, 0.15) is 0 Å². The number of fused-ring (bicyclic) bond motifs is 2. The topological polar surface area (TPSA) is 63.6 Å². The Hall–Kier alpha value is -1.32. The number of esters is 1. The van der Waals surface area contributed by atoms with E-state index in [1.54, 1.807) is 0 Å². The highest BCUT2D eigenvalue weighted by Gasteiger charge is 2.53. The van der Waals surface area contributed by atoms with Crippen LogP contribution in [0.25, 0.3) is 0 Å². The lowest BCUT2D eigenvalue weighted by atomic mass is 9.72. The highest BCUT2D eigenvalue weighted by Crippen LogP contribution is 2.55. The van der Waals surface area contributed by atoms with Gasteiger partial charge < -0.3 is 9.84 Å². The molecular weight excluding hydrogens is 232 g/mol. The summed E-state index contributed by atoms with van der Waals surface area (Å²) in [4.78, 5) is 22.6.